The molecule has 0 saturated carbocycles. The second-order valence-corrected chi connectivity index (χ2v) is 8.04. The number of nitrogens with one attached hydrogen (secondary N) is 2. The lowest BCUT2D eigenvalue weighted by atomic mass is 9.99. The molecule has 1 aliphatic heterocycles. The van der Waals surface area contributed by atoms with Crippen molar-refractivity contribution in [2.75, 3.05) is 29.0 Å². The first-order valence-corrected chi connectivity index (χ1v) is 10.8. The lowest BCUT2D eigenvalue weighted by molar-refractivity contribution is -0.137. The number of rotatable bonds is 5. The van der Waals surface area contributed by atoms with E-state index in [9.17, 15) is 18.0 Å². The van der Waals surface area contributed by atoms with Crippen LogP contribution < -0.4 is 16.0 Å². The van der Waals surface area contributed by atoms with Crippen LogP contribution in [0, 0.1) is 5.41 Å². The lowest BCUT2D eigenvalue weighted by Crippen LogP contribution is -2.29. The van der Waals surface area contributed by atoms with Gasteiger partial charge in [-0.2, -0.15) is 13.2 Å². The molecule has 0 aliphatic carbocycles. The summed E-state index contributed by atoms with van der Waals surface area (Å²) in [7, 11) is 0. The van der Waals surface area contributed by atoms with E-state index in [2.05, 4.69) is 20.2 Å². The molecule has 34 heavy (non-hydrogen) atoms. The predicted molar refractivity (Wildman–Crippen MR) is 125 cm³/mol. The number of hydrogen-bond donors (Lipinski definition) is 3. The van der Waals surface area contributed by atoms with Gasteiger partial charge >= 0.3 is 6.18 Å². The van der Waals surface area contributed by atoms with E-state index < -0.39 is 23.4 Å². The van der Waals surface area contributed by atoms with Crippen molar-refractivity contribution in [2.24, 2.45) is 0 Å². The fourth-order valence-electron chi connectivity index (χ4n) is 3.84. The highest BCUT2D eigenvalue weighted by molar-refractivity contribution is 6.48. The number of nitrogens with zero attached hydrogens (tertiary/aromatic N) is 3. The summed E-state index contributed by atoms with van der Waals surface area (Å²) in [5.74, 6) is -1.23. The maximum absolute atomic E-state index is 12.9. The van der Waals surface area contributed by atoms with Gasteiger partial charge in [0.25, 0.3) is 5.91 Å². The van der Waals surface area contributed by atoms with Crippen molar-refractivity contribution in [1.29, 1.82) is 5.41 Å². The van der Waals surface area contributed by atoms with Crippen molar-refractivity contribution in [3.63, 3.8) is 0 Å². The summed E-state index contributed by atoms with van der Waals surface area (Å²) in [4.78, 5) is 23.0. The van der Waals surface area contributed by atoms with E-state index >= 15 is 0 Å². The zero-order valence-corrected chi connectivity index (χ0v) is 18.2. The van der Waals surface area contributed by atoms with Gasteiger partial charge in [0.2, 0.25) is 0 Å². The van der Waals surface area contributed by atoms with Crippen LogP contribution in [0.2, 0.25) is 0 Å². The van der Waals surface area contributed by atoms with Crippen LogP contribution in [0.25, 0.3) is 11.1 Å². The van der Waals surface area contributed by atoms with Crippen LogP contribution in [-0.2, 0) is 11.0 Å². The molecular weight excluding hydrogens is 445 g/mol. The Hall–Kier alpha value is -3.95. The van der Waals surface area contributed by atoms with Crippen LogP contribution in [0.5, 0.6) is 0 Å². The average molecular weight is 468 g/mol. The third-order valence-electron chi connectivity index (χ3n) is 5.66. The molecule has 176 valence electrons. The van der Waals surface area contributed by atoms with E-state index in [-0.39, 0.29) is 17.1 Å². The van der Waals surface area contributed by atoms with Crippen molar-refractivity contribution < 1.29 is 18.0 Å². The minimum Gasteiger partial charge on any atom is -0.398 e. The fourth-order valence-corrected chi connectivity index (χ4v) is 3.84. The first kappa shape index (κ1) is 23.2. The molecule has 1 saturated heterocycles. The maximum atomic E-state index is 12.9. The zero-order chi connectivity index (χ0) is 24.3. The molecule has 3 aromatic rings. The summed E-state index contributed by atoms with van der Waals surface area (Å²) < 4.78 is 38.8. The van der Waals surface area contributed by atoms with Crippen molar-refractivity contribution in [2.45, 2.75) is 25.4 Å². The molecule has 7 nitrogen and oxygen atoms in total. The smallest absolute Gasteiger partial charge is 0.398 e. The van der Waals surface area contributed by atoms with Gasteiger partial charge in [0.1, 0.15) is 11.5 Å². The number of hydrogen-bond acceptors (Lipinski definition) is 6. The minimum absolute atomic E-state index is 0.158. The number of nitrogens with two attached hydrogens (primary N) is 1. The highest BCUT2D eigenvalue weighted by atomic mass is 19.4. The number of alkyl halides is 3. The Labute approximate surface area is 194 Å². The molecule has 1 aliphatic rings. The van der Waals surface area contributed by atoms with Crippen molar-refractivity contribution >= 4 is 28.8 Å². The molecule has 0 radical (unpaired) electrons. The monoisotopic (exact) mass is 468 g/mol. The minimum atomic E-state index is -4.58. The highest BCUT2D eigenvalue weighted by Crippen LogP contribution is 2.30. The largest absolute Gasteiger partial charge is 0.416 e. The van der Waals surface area contributed by atoms with Gasteiger partial charge in [-0.15, -0.1) is 0 Å². The second kappa shape index (κ2) is 9.50. The molecule has 1 aromatic carbocycles. The lowest BCUT2D eigenvalue weighted by Gasteiger charge is -2.28. The van der Waals surface area contributed by atoms with E-state index in [4.69, 9.17) is 11.1 Å². The quantitative estimate of drug-likeness (QED) is 0.370. The van der Waals surface area contributed by atoms with Crippen molar-refractivity contribution in [1.82, 2.24) is 9.97 Å². The molecule has 4 N–H and O–H groups in total. The van der Waals surface area contributed by atoms with Gasteiger partial charge in [-0.05, 0) is 55.2 Å². The second-order valence-electron chi connectivity index (χ2n) is 8.04. The molecular formula is C24H23F3N6O. The Morgan fingerprint density at radius 2 is 1.79 bits per heavy atom. The van der Waals surface area contributed by atoms with Gasteiger partial charge < -0.3 is 16.0 Å². The average Bonchev–Trinajstić information content (AvgIpc) is 2.84. The summed E-state index contributed by atoms with van der Waals surface area (Å²) in [6.07, 6.45) is 3.34. The predicted octanol–water partition coefficient (Wildman–Crippen LogP) is 4.74. The molecule has 0 bridgehead atoms. The Balaban J connectivity index is 1.56. The molecule has 2 aromatic heterocycles. The van der Waals surface area contributed by atoms with E-state index in [1.165, 1.54) is 6.42 Å². The first-order valence-electron chi connectivity index (χ1n) is 10.8. The summed E-state index contributed by atoms with van der Waals surface area (Å²) in [6.45, 7) is 1.93. The molecule has 1 fully saturated rings. The molecule has 0 atom stereocenters. The zero-order valence-electron chi connectivity index (χ0n) is 18.2. The number of carbonyl (C=O) groups excluding carboxylic acids is 1. The van der Waals surface area contributed by atoms with Gasteiger partial charge in [0, 0.05) is 42.3 Å². The number of pyridine rings is 2. The van der Waals surface area contributed by atoms with Gasteiger partial charge in [0.05, 0.1) is 17.4 Å². The van der Waals surface area contributed by atoms with Crippen molar-refractivity contribution in [3.8, 4) is 11.1 Å². The van der Waals surface area contributed by atoms with Gasteiger partial charge in [-0.3, -0.25) is 15.2 Å². The van der Waals surface area contributed by atoms with Crippen LogP contribution in [-0.4, -0.2) is 34.7 Å². The first-order chi connectivity index (χ1) is 16.2. The number of aromatic nitrogens is 2. The fraction of sp³-hybridized carbons (Fsp3) is 0.250. The van der Waals surface area contributed by atoms with Gasteiger partial charge in [-0.1, -0.05) is 6.07 Å². The Kier molecular flexibility index (Phi) is 6.49. The molecule has 0 unspecified atom stereocenters. The number of amides is 1. The number of piperidine rings is 1. The van der Waals surface area contributed by atoms with Gasteiger partial charge in [0.15, 0.2) is 0 Å². The molecule has 0 spiro atoms. The van der Waals surface area contributed by atoms with Gasteiger partial charge in [-0.25, -0.2) is 4.98 Å². The van der Waals surface area contributed by atoms with E-state index in [0.29, 0.717) is 11.6 Å². The van der Waals surface area contributed by atoms with E-state index in [1.54, 1.807) is 24.4 Å². The van der Waals surface area contributed by atoms with Crippen LogP contribution in [0.1, 0.15) is 30.4 Å². The normalized spacial score (nSPS) is 14.0. The van der Waals surface area contributed by atoms with Crippen LogP contribution in [0.3, 0.4) is 0 Å². The number of anilines is 3. The maximum Gasteiger partial charge on any atom is 0.416 e. The number of halogens is 3. The molecule has 3 heterocycles. The highest BCUT2D eigenvalue weighted by Gasteiger charge is 2.31. The van der Waals surface area contributed by atoms with E-state index in [1.807, 2.05) is 12.3 Å². The Morgan fingerprint density at radius 3 is 2.53 bits per heavy atom. The molecule has 1 amide bonds. The van der Waals surface area contributed by atoms with Crippen LogP contribution in [0.15, 0.2) is 55.0 Å². The Morgan fingerprint density at radius 1 is 1.03 bits per heavy atom. The third-order valence-corrected chi connectivity index (χ3v) is 5.66. The molecule has 4 rings (SSSR count). The summed E-state index contributed by atoms with van der Waals surface area (Å²) in [5.41, 5.74) is 7.45. The Bertz CT molecular complexity index is 1220. The van der Waals surface area contributed by atoms with Crippen LogP contribution in [0.4, 0.5) is 30.4 Å². The summed E-state index contributed by atoms with van der Waals surface area (Å²) in [5, 5.41) is 10.5. The number of carbonyl (C=O) groups is 1. The summed E-state index contributed by atoms with van der Waals surface area (Å²) in [6, 6.07) is 8.48. The number of nitrogen functional groups attached to an aromatic ring is 1. The summed E-state index contributed by atoms with van der Waals surface area (Å²) >= 11 is 0. The third kappa shape index (κ3) is 5.16. The molecule has 10 heteroatoms. The van der Waals surface area contributed by atoms with Crippen molar-refractivity contribution in [3.05, 3.63) is 66.1 Å². The standard InChI is InChI=1S/C24H23F3N6O/c25-24(26,27)17-6-7-31-21(12-17)32-23(34)22(29)19-11-15(4-5-20(19)28)16-10-18(14-30-13-16)33-8-2-1-3-9-33/h4-7,10-14,29H,1-3,8-9,28H2,(H,31,32,34). The van der Waals surface area contributed by atoms with E-state index in [0.717, 1.165) is 49.4 Å². The topological polar surface area (TPSA) is 108 Å². The SMILES string of the molecule is N=C(C(=O)Nc1cc(C(F)(F)F)ccn1)c1cc(-c2cncc(N3CCCCC3)c2)ccc1N. The van der Waals surface area contributed by atoms with Crippen LogP contribution >= 0.6 is 0 Å². The number of benzene rings is 1.